The molecule has 1 aromatic heterocycles. The van der Waals surface area contributed by atoms with Crippen LogP contribution in [-0.2, 0) is 16.1 Å². The van der Waals surface area contributed by atoms with Crippen molar-refractivity contribution in [2.75, 3.05) is 19.5 Å². The Morgan fingerprint density at radius 3 is 2.38 bits per heavy atom. The van der Waals surface area contributed by atoms with E-state index in [2.05, 4.69) is 15.6 Å². The number of carbonyl (C=O) groups excluding carboxylic acids is 2. The second-order valence-corrected chi connectivity index (χ2v) is 5.09. The lowest BCUT2D eigenvalue weighted by Crippen LogP contribution is -2.35. The number of amides is 2. The molecule has 0 fully saturated rings. The number of anilines is 1. The highest BCUT2D eigenvalue weighted by Crippen LogP contribution is 2.35. The summed E-state index contributed by atoms with van der Waals surface area (Å²) in [5.41, 5.74) is 1.11. The Hall–Kier alpha value is -2.80. The molecule has 8 heteroatoms. The van der Waals surface area contributed by atoms with Crippen LogP contribution in [0.2, 0.25) is 5.02 Å². The van der Waals surface area contributed by atoms with Crippen LogP contribution in [-0.4, -0.2) is 31.0 Å². The maximum absolute atomic E-state index is 12.0. The number of benzene rings is 1. The van der Waals surface area contributed by atoms with Crippen molar-refractivity contribution in [3.05, 3.63) is 47.2 Å². The Labute approximate surface area is 143 Å². The molecule has 1 heterocycles. The lowest BCUT2D eigenvalue weighted by Gasteiger charge is -2.13. The largest absolute Gasteiger partial charge is 0.495 e. The van der Waals surface area contributed by atoms with E-state index in [1.54, 1.807) is 24.5 Å². The quantitative estimate of drug-likeness (QED) is 0.806. The van der Waals surface area contributed by atoms with Gasteiger partial charge in [-0.05, 0) is 17.7 Å². The SMILES string of the molecule is COc1cc(NC(=O)C(=O)NCc2ccncc2)c(OC)cc1Cl. The van der Waals surface area contributed by atoms with Crippen LogP contribution in [0.5, 0.6) is 11.5 Å². The predicted octanol–water partition coefficient (Wildman–Crippen LogP) is 2.01. The first-order chi connectivity index (χ1) is 11.5. The van der Waals surface area contributed by atoms with Crippen molar-refractivity contribution in [3.63, 3.8) is 0 Å². The molecule has 126 valence electrons. The number of rotatable bonds is 5. The summed E-state index contributed by atoms with van der Waals surface area (Å²) in [5, 5.41) is 5.32. The van der Waals surface area contributed by atoms with Crippen molar-refractivity contribution in [2.24, 2.45) is 0 Å². The van der Waals surface area contributed by atoms with Crippen molar-refractivity contribution < 1.29 is 19.1 Å². The van der Waals surface area contributed by atoms with Gasteiger partial charge in [-0.3, -0.25) is 14.6 Å². The minimum atomic E-state index is -0.827. The summed E-state index contributed by atoms with van der Waals surface area (Å²) in [4.78, 5) is 27.8. The van der Waals surface area contributed by atoms with Gasteiger partial charge in [0.1, 0.15) is 11.5 Å². The van der Waals surface area contributed by atoms with Crippen LogP contribution in [0.4, 0.5) is 5.69 Å². The van der Waals surface area contributed by atoms with E-state index >= 15 is 0 Å². The lowest BCUT2D eigenvalue weighted by atomic mass is 10.2. The highest BCUT2D eigenvalue weighted by molar-refractivity contribution is 6.40. The van der Waals surface area contributed by atoms with Gasteiger partial charge in [-0.15, -0.1) is 0 Å². The Balaban J connectivity index is 2.04. The fourth-order valence-electron chi connectivity index (χ4n) is 1.90. The molecular formula is C16H16ClN3O4. The number of hydrogen-bond donors (Lipinski definition) is 2. The molecule has 7 nitrogen and oxygen atoms in total. The van der Waals surface area contributed by atoms with Crippen molar-refractivity contribution in [3.8, 4) is 11.5 Å². The second-order valence-electron chi connectivity index (χ2n) is 4.68. The van der Waals surface area contributed by atoms with Crippen LogP contribution < -0.4 is 20.1 Å². The van der Waals surface area contributed by atoms with Gasteiger partial charge in [0, 0.05) is 31.1 Å². The van der Waals surface area contributed by atoms with E-state index in [-0.39, 0.29) is 12.2 Å². The first-order valence-electron chi connectivity index (χ1n) is 6.94. The zero-order chi connectivity index (χ0) is 17.5. The minimum Gasteiger partial charge on any atom is -0.495 e. The van der Waals surface area contributed by atoms with Crippen molar-refractivity contribution in [1.82, 2.24) is 10.3 Å². The van der Waals surface area contributed by atoms with Crippen LogP contribution >= 0.6 is 11.6 Å². The Bertz CT molecular complexity index is 738. The summed E-state index contributed by atoms with van der Waals surface area (Å²) in [6.07, 6.45) is 3.21. The fourth-order valence-corrected chi connectivity index (χ4v) is 2.13. The third kappa shape index (κ3) is 4.36. The second kappa shape index (κ2) is 8.16. The van der Waals surface area contributed by atoms with E-state index < -0.39 is 11.8 Å². The van der Waals surface area contributed by atoms with Crippen LogP contribution in [0.15, 0.2) is 36.7 Å². The molecule has 0 aliphatic carbocycles. The van der Waals surface area contributed by atoms with Crippen LogP contribution in [0, 0.1) is 0 Å². The molecule has 0 spiro atoms. The van der Waals surface area contributed by atoms with Crippen molar-refractivity contribution in [2.45, 2.75) is 6.54 Å². The first kappa shape index (κ1) is 17.6. The number of carbonyl (C=O) groups is 2. The molecule has 1 aromatic carbocycles. The van der Waals surface area contributed by atoms with Crippen LogP contribution in [0.3, 0.4) is 0 Å². The molecule has 2 amide bonds. The topological polar surface area (TPSA) is 89.5 Å². The first-order valence-corrected chi connectivity index (χ1v) is 7.32. The van der Waals surface area contributed by atoms with Gasteiger partial charge in [-0.1, -0.05) is 11.6 Å². The Morgan fingerprint density at radius 1 is 1.08 bits per heavy atom. The summed E-state index contributed by atoms with van der Waals surface area (Å²) in [5.74, 6) is -0.935. The summed E-state index contributed by atoms with van der Waals surface area (Å²) >= 11 is 5.99. The molecular weight excluding hydrogens is 334 g/mol. The number of nitrogens with zero attached hydrogens (tertiary/aromatic N) is 1. The number of ether oxygens (including phenoxy) is 2. The summed E-state index contributed by atoms with van der Waals surface area (Å²) in [7, 11) is 2.87. The summed E-state index contributed by atoms with van der Waals surface area (Å²) in [6, 6.07) is 6.45. The van der Waals surface area contributed by atoms with Gasteiger partial charge in [0.2, 0.25) is 0 Å². The smallest absolute Gasteiger partial charge is 0.313 e. The highest BCUT2D eigenvalue weighted by atomic mass is 35.5. The van der Waals surface area contributed by atoms with E-state index in [0.29, 0.717) is 16.5 Å². The van der Waals surface area contributed by atoms with Gasteiger partial charge in [0.05, 0.1) is 24.9 Å². The van der Waals surface area contributed by atoms with E-state index in [1.165, 1.54) is 26.4 Å². The van der Waals surface area contributed by atoms with Crippen molar-refractivity contribution in [1.29, 1.82) is 0 Å². The van der Waals surface area contributed by atoms with Gasteiger partial charge in [-0.25, -0.2) is 0 Å². The average molecular weight is 350 g/mol. The third-order valence-electron chi connectivity index (χ3n) is 3.13. The Kier molecular flexibility index (Phi) is 5.97. The zero-order valence-corrected chi connectivity index (χ0v) is 13.9. The molecule has 2 rings (SSSR count). The molecule has 0 saturated carbocycles. The number of methoxy groups -OCH3 is 2. The number of nitrogens with one attached hydrogen (secondary N) is 2. The van der Waals surface area contributed by atoms with Gasteiger partial charge in [-0.2, -0.15) is 0 Å². The van der Waals surface area contributed by atoms with Gasteiger partial charge < -0.3 is 20.1 Å². The number of aromatic nitrogens is 1. The molecule has 0 bridgehead atoms. The van der Waals surface area contributed by atoms with Gasteiger partial charge in [0.15, 0.2) is 0 Å². The standard InChI is InChI=1S/C16H16ClN3O4/c1-23-13-8-12(14(24-2)7-11(13)17)20-16(22)15(21)19-9-10-3-5-18-6-4-10/h3-8H,9H2,1-2H3,(H,19,21)(H,20,22). The number of halogens is 1. The molecule has 2 N–H and O–H groups in total. The maximum Gasteiger partial charge on any atom is 0.313 e. The molecule has 0 unspecified atom stereocenters. The summed E-state index contributed by atoms with van der Waals surface area (Å²) in [6.45, 7) is 0.218. The normalized spacial score (nSPS) is 9.96. The predicted molar refractivity (Wildman–Crippen MR) is 89.3 cm³/mol. The zero-order valence-electron chi connectivity index (χ0n) is 13.1. The maximum atomic E-state index is 12.0. The van der Waals surface area contributed by atoms with E-state index in [4.69, 9.17) is 21.1 Å². The highest BCUT2D eigenvalue weighted by Gasteiger charge is 2.17. The fraction of sp³-hybridized carbons (Fsp3) is 0.188. The molecule has 0 aliphatic rings. The molecule has 0 radical (unpaired) electrons. The van der Waals surface area contributed by atoms with Gasteiger partial charge >= 0.3 is 11.8 Å². The molecule has 0 saturated heterocycles. The molecule has 0 aliphatic heterocycles. The van der Waals surface area contributed by atoms with E-state index in [1.807, 2.05) is 0 Å². The van der Waals surface area contributed by atoms with E-state index in [0.717, 1.165) is 5.56 Å². The van der Waals surface area contributed by atoms with Crippen LogP contribution in [0.1, 0.15) is 5.56 Å². The number of pyridine rings is 1. The monoisotopic (exact) mass is 349 g/mol. The molecule has 0 atom stereocenters. The summed E-state index contributed by atoms with van der Waals surface area (Å²) < 4.78 is 10.2. The molecule has 24 heavy (non-hydrogen) atoms. The minimum absolute atomic E-state index is 0.218. The lowest BCUT2D eigenvalue weighted by molar-refractivity contribution is -0.136. The molecule has 2 aromatic rings. The average Bonchev–Trinajstić information content (AvgIpc) is 2.61. The van der Waals surface area contributed by atoms with E-state index in [9.17, 15) is 9.59 Å². The van der Waals surface area contributed by atoms with Crippen LogP contribution in [0.25, 0.3) is 0 Å². The number of hydrogen-bond acceptors (Lipinski definition) is 5. The van der Waals surface area contributed by atoms with Gasteiger partial charge in [0.25, 0.3) is 0 Å². The van der Waals surface area contributed by atoms with Crippen molar-refractivity contribution >= 4 is 29.1 Å². The third-order valence-corrected chi connectivity index (χ3v) is 3.43. The Morgan fingerprint density at radius 2 is 1.75 bits per heavy atom.